The highest BCUT2D eigenvalue weighted by Crippen LogP contribution is 2.40. The SMILES string of the molecule is COc1cc(Br)ccc1-c1ccc(OC)c(-c2ccc3c(NC(C)C4CC4)c(C#N)nnc3c2)c1. The molecule has 4 aromatic rings. The van der Waals surface area contributed by atoms with Gasteiger partial charge in [0.15, 0.2) is 5.69 Å². The normalized spacial score (nSPS) is 13.8. The van der Waals surface area contributed by atoms with Crippen molar-refractivity contribution in [3.05, 3.63) is 64.8 Å². The fraction of sp³-hybridized carbons (Fsp3) is 0.250. The van der Waals surface area contributed by atoms with E-state index in [2.05, 4.69) is 50.5 Å². The Bertz CT molecular complexity index is 1460. The molecule has 0 saturated heterocycles. The van der Waals surface area contributed by atoms with Crippen molar-refractivity contribution in [1.29, 1.82) is 5.26 Å². The molecular formula is C28H25BrN4O2. The summed E-state index contributed by atoms with van der Waals surface area (Å²) in [5, 5.41) is 22.6. The van der Waals surface area contributed by atoms with E-state index in [-0.39, 0.29) is 6.04 Å². The molecule has 5 rings (SSSR count). The predicted molar refractivity (Wildman–Crippen MR) is 142 cm³/mol. The minimum atomic E-state index is 0.284. The third-order valence-electron chi connectivity index (χ3n) is 6.55. The molecule has 1 aliphatic rings. The predicted octanol–water partition coefficient (Wildman–Crippen LogP) is 6.83. The van der Waals surface area contributed by atoms with Crippen LogP contribution in [0.1, 0.15) is 25.5 Å². The zero-order valence-corrected chi connectivity index (χ0v) is 21.4. The second-order valence-corrected chi connectivity index (χ2v) is 9.71. The lowest BCUT2D eigenvalue weighted by Gasteiger charge is -2.17. The van der Waals surface area contributed by atoms with Gasteiger partial charge in [0.1, 0.15) is 17.6 Å². The van der Waals surface area contributed by atoms with Crippen LogP contribution in [0.2, 0.25) is 0 Å². The number of rotatable bonds is 7. The number of halogens is 1. The summed E-state index contributed by atoms with van der Waals surface area (Å²) in [6.07, 6.45) is 2.44. The molecule has 35 heavy (non-hydrogen) atoms. The number of anilines is 1. The van der Waals surface area contributed by atoms with Gasteiger partial charge in [-0.05, 0) is 79.3 Å². The Labute approximate surface area is 213 Å². The number of aromatic nitrogens is 2. The molecule has 6 nitrogen and oxygen atoms in total. The Morgan fingerprint density at radius 1 is 0.943 bits per heavy atom. The molecule has 1 fully saturated rings. The van der Waals surface area contributed by atoms with Crippen LogP contribution in [0, 0.1) is 17.2 Å². The quantitative estimate of drug-likeness (QED) is 0.283. The Morgan fingerprint density at radius 3 is 2.40 bits per heavy atom. The first-order valence-electron chi connectivity index (χ1n) is 11.5. The van der Waals surface area contributed by atoms with Crippen molar-refractivity contribution in [3.63, 3.8) is 0 Å². The summed E-state index contributed by atoms with van der Waals surface area (Å²) in [7, 11) is 3.34. The number of ether oxygens (including phenoxy) is 2. The van der Waals surface area contributed by atoms with Crippen molar-refractivity contribution in [2.24, 2.45) is 5.92 Å². The number of hydrogen-bond acceptors (Lipinski definition) is 6. The van der Waals surface area contributed by atoms with Crippen LogP contribution in [-0.4, -0.2) is 30.5 Å². The molecule has 1 aliphatic carbocycles. The zero-order valence-electron chi connectivity index (χ0n) is 19.8. The molecule has 3 aromatic carbocycles. The number of hydrogen-bond donors (Lipinski definition) is 1. The van der Waals surface area contributed by atoms with Gasteiger partial charge in [0.25, 0.3) is 0 Å². The minimum Gasteiger partial charge on any atom is -0.496 e. The van der Waals surface area contributed by atoms with E-state index >= 15 is 0 Å². The molecule has 0 radical (unpaired) electrons. The smallest absolute Gasteiger partial charge is 0.186 e. The monoisotopic (exact) mass is 528 g/mol. The van der Waals surface area contributed by atoms with E-state index in [0.717, 1.165) is 54.8 Å². The van der Waals surface area contributed by atoms with Crippen molar-refractivity contribution >= 4 is 32.5 Å². The topological polar surface area (TPSA) is 80.1 Å². The van der Waals surface area contributed by atoms with Crippen LogP contribution in [-0.2, 0) is 0 Å². The van der Waals surface area contributed by atoms with Crippen molar-refractivity contribution in [1.82, 2.24) is 10.2 Å². The number of fused-ring (bicyclic) bond motifs is 1. The standard InChI is InChI=1S/C28H25BrN4O2/c1-16(17-4-5-17)31-28-22-9-6-19(13-24(22)32-33-25(28)15-30)23-12-18(7-11-26(23)34-2)21-10-8-20(29)14-27(21)35-3/h6-14,16-17H,4-5H2,1-3H3,(H,31,32). The second kappa shape index (κ2) is 9.55. The molecule has 7 heteroatoms. The summed E-state index contributed by atoms with van der Waals surface area (Å²) < 4.78 is 12.3. The fourth-order valence-electron chi connectivity index (χ4n) is 4.45. The lowest BCUT2D eigenvalue weighted by molar-refractivity contribution is 0.415. The van der Waals surface area contributed by atoms with Gasteiger partial charge < -0.3 is 14.8 Å². The van der Waals surface area contributed by atoms with Gasteiger partial charge in [0.05, 0.1) is 25.4 Å². The van der Waals surface area contributed by atoms with Gasteiger partial charge in [-0.15, -0.1) is 10.2 Å². The molecule has 176 valence electrons. The summed E-state index contributed by atoms with van der Waals surface area (Å²) >= 11 is 3.51. The van der Waals surface area contributed by atoms with Gasteiger partial charge in [-0.1, -0.05) is 28.1 Å². The average Bonchev–Trinajstić information content (AvgIpc) is 3.74. The third-order valence-corrected chi connectivity index (χ3v) is 7.05. The summed E-state index contributed by atoms with van der Waals surface area (Å²) in [6, 6.07) is 20.6. The maximum atomic E-state index is 9.62. The van der Waals surface area contributed by atoms with Crippen LogP contribution in [0.4, 0.5) is 5.69 Å². The minimum absolute atomic E-state index is 0.284. The third kappa shape index (κ3) is 4.54. The Balaban J connectivity index is 1.61. The average molecular weight is 529 g/mol. The van der Waals surface area contributed by atoms with Crippen LogP contribution < -0.4 is 14.8 Å². The van der Waals surface area contributed by atoms with Gasteiger partial charge >= 0.3 is 0 Å². The maximum Gasteiger partial charge on any atom is 0.186 e. The molecule has 0 spiro atoms. The van der Waals surface area contributed by atoms with E-state index in [1.165, 1.54) is 12.8 Å². The molecule has 1 atom stereocenters. The summed E-state index contributed by atoms with van der Waals surface area (Å²) in [6.45, 7) is 2.16. The first-order chi connectivity index (χ1) is 17.0. The molecule has 0 bridgehead atoms. The van der Waals surface area contributed by atoms with Crippen LogP contribution in [0.5, 0.6) is 11.5 Å². The van der Waals surface area contributed by atoms with Gasteiger partial charge in [0, 0.05) is 27.0 Å². The highest BCUT2D eigenvalue weighted by atomic mass is 79.9. The van der Waals surface area contributed by atoms with Crippen LogP contribution in [0.3, 0.4) is 0 Å². The lowest BCUT2D eigenvalue weighted by atomic mass is 9.96. The highest BCUT2D eigenvalue weighted by molar-refractivity contribution is 9.10. The maximum absolute atomic E-state index is 9.62. The number of nitrogens with one attached hydrogen (secondary N) is 1. The van der Waals surface area contributed by atoms with E-state index < -0.39 is 0 Å². The molecule has 0 aliphatic heterocycles. The van der Waals surface area contributed by atoms with E-state index in [1.807, 2.05) is 48.5 Å². The van der Waals surface area contributed by atoms with Gasteiger partial charge in [-0.3, -0.25) is 0 Å². The van der Waals surface area contributed by atoms with E-state index in [0.29, 0.717) is 11.6 Å². The van der Waals surface area contributed by atoms with Crippen LogP contribution in [0.15, 0.2) is 59.1 Å². The Morgan fingerprint density at radius 2 is 1.69 bits per heavy atom. The molecule has 1 unspecified atom stereocenters. The fourth-order valence-corrected chi connectivity index (χ4v) is 4.79. The van der Waals surface area contributed by atoms with Gasteiger partial charge in [0.2, 0.25) is 0 Å². The van der Waals surface area contributed by atoms with E-state index in [9.17, 15) is 5.26 Å². The Hall–Kier alpha value is -3.63. The molecule has 1 aromatic heterocycles. The molecular weight excluding hydrogens is 504 g/mol. The lowest BCUT2D eigenvalue weighted by Crippen LogP contribution is -2.19. The van der Waals surface area contributed by atoms with Gasteiger partial charge in [-0.25, -0.2) is 0 Å². The van der Waals surface area contributed by atoms with Crippen LogP contribution in [0.25, 0.3) is 33.2 Å². The second-order valence-electron chi connectivity index (χ2n) is 8.80. The number of methoxy groups -OCH3 is 2. The van der Waals surface area contributed by atoms with Crippen molar-refractivity contribution < 1.29 is 9.47 Å². The largest absolute Gasteiger partial charge is 0.496 e. The summed E-state index contributed by atoms with van der Waals surface area (Å²) in [5.41, 5.74) is 5.68. The molecule has 1 N–H and O–H groups in total. The summed E-state index contributed by atoms with van der Waals surface area (Å²) in [4.78, 5) is 0. The van der Waals surface area contributed by atoms with Crippen molar-refractivity contribution in [2.45, 2.75) is 25.8 Å². The van der Waals surface area contributed by atoms with Crippen molar-refractivity contribution in [3.8, 4) is 39.8 Å². The Kier molecular flexibility index (Phi) is 6.31. The number of nitrogens with zero attached hydrogens (tertiary/aromatic N) is 3. The van der Waals surface area contributed by atoms with Gasteiger partial charge in [-0.2, -0.15) is 5.26 Å². The molecule has 0 amide bonds. The highest BCUT2D eigenvalue weighted by Gasteiger charge is 2.29. The zero-order chi connectivity index (χ0) is 24.5. The summed E-state index contributed by atoms with van der Waals surface area (Å²) in [5.74, 6) is 2.18. The van der Waals surface area contributed by atoms with Crippen LogP contribution >= 0.6 is 15.9 Å². The first-order valence-corrected chi connectivity index (χ1v) is 12.3. The van der Waals surface area contributed by atoms with E-state index in [1.54, 1.807) is 14.2 Å². The first kappa shape index (κ1) is 23.1. The molecule has 1 saturated carbocycles. The number of benzene rings is 3. The molecule has 1 heterocycles. The van der Waals surface area contributed by atoms with E-state index in [4.69, 9.17) is 9.47 Å². The number of nitriles is 1. The van der Waals surface area contributed by atoms with Crippen molar-refractivity contribution in [2.75, 3.05) is 19.5 Å².